The van der Waals surface area contributed by atoms with E-state index in [0.717, 1.165) is 15.7 Å². The Morgan fingerprint density at radius 3 is 2.68 bits per heavy atom. The topological polar surface area (TPSA) is 56.1 Å². The molecule has 2 aromatic carbocycles. The molecule has 22 heavy (non-hydrogen) atoms. The van der Waals surface area contributed by atoms with E-state index in [1.54, 1.807) is 6.07 Å². The summed E-state index contributed by atoms with van der Waals surface area (Å²) in [7, 11) is 1.88. The van der Waals surface area contributed by atoms with Gasteiger partial charge in [0, 0.05) is 16.7 Å². The molecule has 0 aliphatic rings. The van der Waals surface area contributed by atoms with E-state index in [2.05, 4.69) is 27.3 Å². The smallest absolute Gasteiger partial charge is 0.238 e. The van der Waals surface area contributed by atoms with Gasteiger partial charge in [-0.1, -0.05) is 28.1 Å². The van der Waals surface area contributed by atoms with E-state index < -0.39 is 0 Å². The Kier molecular flexibility index (Phi) is 5.70. The molecule has 112 valence electrons. The summed E-state index contributed by atoms with van der Waals surface area (Å²) in [6.45, 7) is 0.899. The Morgan fingerprint density at radius 1 is 1.27 bits per heavy atom. The van der Waals surface area contributed by atoms with E-state index in [4.69, 9.17) is 5.26 Å². The molecule has 2 rings (SSSR count). The van der Waals surface area contributed by atoms with Crippen molar-refractivity contribution < 1.29 is 4.79 Å². The predicted molar refractivity (Wildman–Crippen MR) is 90.3 cm³/mol. The lowest BCUT2D eigenvalue weighted by Crippen LogP contribution is -2.29. The highest BCUT2D eigenvalue weighted by Crippen LogP contribution is 2.14. The average Bonchev–Trinajstić information content (AvgIpc) is 2.49. The molecule has 1 N–H and O–H groups in total. The number of nitriles is 1. The summed E-state index contributed by atoms with van der Waals surface area (Å²) in [5, 5.41) is 11.7. The lowest BCUT2D eigenvalue weighted by atomic mass is 10.1. The van der Waals surface area contributed by atoms with Gasteiger partial charge in [0.2, 0.25) is 5.91 Å². The third kappa shape index (κ3) is 4.99. The van der Waals surface area contributed by atoms with Gasteiger partial charge in [0.05, 0.1) is 18.2 Å². The number of likely N-dealkylation sites (N-methyl/N-ethyl adjacent to an activating group) is 1. The van der Waals surface area contributed by atoms with Crippen molar-refractivity contribution in [3.8, 4) is 6.07 Å². The predicted octanol–water partition coefficient (Wildman–Crippen LogP) is 3.39. The van der Waals surface area contributed by atoms with Gasteiger partial charge in [-0.3, -0.25) is 9.69 Å². The number of carbonyl (C=O) groups is 1. The van der Waals surface area contributed by atoms with Crippen LogP contribution in [-0.4, -0.2) is 24.4 Å². The molecule has 4 nitrogen and oxygen atoms in total. The Labute approximate surface area is 138 Å². The molecular formula is C17H16BrN3O. The van der Waals surface area contributed by atoms with Crippen LogP contribution in [0.2, 0.25) is 0 Å². The maximum Gasteiger partial charge on any atom is 0.238 e. The first-order chi connectivity index (χ1) is 10.6. The van der Waals surface area contributed by atoms with E-state index >= 15 is 0 Å². The van der Waals surface area contributed by atoms with Crippen LogP contribution in [0, 0.1) is 11.3 Å². The van der Waals surface area contributed by atoms with Crippen molar-refractivity contribution in [1.82, 2.24) is 4.90 Å². The van der Waals surface area contributed by atoms with Gasteiger partial charge in [-0.25, -0.2) is 0 Å². The van der Waals surface area contributed by atoms with Crippen molar-refractivity contribution in [1.29, 1.82) is 5.26 Å². The molecule has 0 heterocycles. The number of anilines is 1. The maximum atomic E-state index is 12.0. The molecule has 0 aliphatic heterocycles. The zero-order valence-corrected chi connectivity index (χ0v) is 13.8. The van der Waals surface area contributed by atoms with Gasteiger partial charge in [0.1, 0.15) is 0 Å². The third-order valence-corrected chi connectivity index (χ3v) is 3.58. The third-order valence-electron chi connectivity index (χ3n) is 3.05. The minimum Gasteiger partial charge on any atom is -0.325 e. The number of carbonyl (C=O) groups excluding carboxylic acids is 1. The van der Waals surface area contributed by atoms with Gasteiger partial charge in [0.25, 0.3) is 0 Å². The van der Waals surface area contributed by atoms with Gasteiger partial charge >= 0.3 is 0 Å². The molecule has 0 saturated heterocycles. The van der Waals surface area contributed by atoms with E-state index in [9.17, 15) is 4.79 Å². The van der Waals surface area contributed by atoms with Crippen molar-refractivity contribution in [3.05, 3.63) is 64.1 Å². The van der Waals surface area contributed by atoms with Crippen molar-refractivity contribution in [3.63, 3.8) is 0 Å². The Hall–Kier alpha value is -2.16. The summed E-state index contributed by atoms with van der Waals surface area (Å²) in [6.07, 6.45) is 0. The van der Waals surface area contributed by atoms with E-state index in [1.807, 2.05) is 54.4 Å². The van der Waals surface area contributed by atoms with Crippen molar-refractivity contribution in [2.75, 3.05) is 18.9 Å². The first-order valence-corrected chi connectivity index (χ1v) is 7.59. The number of benzene rings is 2. The molecular weight excluding hydrogens is 342 g/mol. The van der Waals surface area contributed by atoms with Crippen LogP contribution in [0.15, 0.2) is 53.0 Å². The second kappa shape index (κ2) is 7.74. The van der Waals surface area contributed by atoms with Gasteiger partial charge in [-0.2, -0.15) is 5.26 Å². The molecule has 0 aromatic heterocycles. The van der Waals surface area contributed by atoms with Crippen LogP contribution in [0.1, 0.15) is 11.1 Å². The largest absolute Gasteiger partial charge is 0.325 e. The molecule has 0 radical (unpaired) electrons. The fourth-order valence-corrected chi connectivity index (χ4v) is 2.35. The Morgan fingerprint density at radius 2 is 2.00 bits per heavy atom. The number of halogens is 1. The number of hydrogen-bond acceptors (Lipinski definition) is 3. The van der Waals surface area contributed by atoms with Crippen molar-refractivity contribution in [2.45, 2.75) is 6.54 Å². The molecule has 1 amide bonds. The quantitative estimate of drug-likeness (QED) is 0.892. The first-order valence-electron chi connectivity index (χ1n) is 6.80. The number of nitrogens with one attached hydrogen (secondary N) is 1. The summed E-state index contributed by atoms with van der Waals surface area (Å²) >= 11 is 3.36. The lowest BCUT2D eigenvalue weighted by molar-refractivity contribution is -0.117. The zero-order chi connectivity index (χ0) is 15.9. The van der Waals surface area contributed by atoms with Crippen LogP contribution in [0.25, 0.3) is 0 Å². The van der Waals surface area contributed by atoms with Crippen molar-refractivity contribution in [2.24, 2.45) is 0 Å². The summed E-state index contributed by atoms with van der Waals surface area (Å²) in [5.74, 6) is -0.0683. The van der Waals surface area contributed by atoms with Gasteiger partial charge < -0.3 is 5.32 Å². The van der Waals surface area contributed by atoms with Crippen LogP contribution in [-0.2, 0) is 11.3 Å². The minimum absolute atomic E-state index is 0.0683. The summed E-state index contributed by atoms with van der Waals surface area (Å²) < 4.78 is 0.972. The number of nitrogens with zero attached hydrogens (tertiary/aromatic N) is 2. The highest BCUT2D eigenvalue weighted by atomic mass is 79.9. The SMILES string of the molecule is CN(CC(=O)Nc1ccc(Br)cc1)Cc1cccc(C#N)c1. The van der Waals surface area contributed by atoms with Crippen LogP contribution in [0.4, 0.5) is 5.69 Å². The van der Waals surface area contributed by atoms with Crippen LogP contribution in [0.5, 0.6) is 0 Å². The minimum atomic E-state index is -0.0683. The van der Waals surface area contributed by atoms with Crippen LogP contribution < -0.4 is 5.32 Å². The fraction of sp³-hybridized carbons (Fsp3) is 0.176. The number of hydrogen-bond donors (Lipinski definition) is 1. The molecule has 2 aromatic rings. The molecule has 0 spiro atoms. The van der Waals surface area contributed by atoms with Gasteiger partial charge in [-0.05, 0) is 49.0 Å². The first kappa shape index (κ1) is 16.2. The Balaban J connectivity index is 1.88. The maximum absolute atomic E-state index is 12.0. The van der Waals surface area contributed by atoms with E-state index in [1.165, 1.54) is 0 Å². The number of rotatable bonds is 5. The molecule has 0 bridgehead atoms. The summed E-state index contributed by atoms with van der Waals surface area (Å²) in [6, 6.07) is 17.0. The monoisotopic (exact) mass is 357 g/mol. The highest BCUT2D eigenvalue weighted by molar-refractivity contribution is 9.10. The fourth-order valence-electron chi connectivity index (χ4n) is 2.09. The molecule has 0 atom stereocenters. The molecule has 0 aliphatic carbocycles. The van der Waals surface area contributed by atoms with Crippen LogP contribution >= 0.6 is 15.9 Å². The van der Waals surface area contributed by atoms with Crippen LogP contribution in [0.3, 0.4) is 0 Å². The summed E-state index contributed by atoms with van der Waals surface area (Å²) in [4.78, 5) is 13.9. The molecule has 0 saturated carbocycles. The average molecular weight is 358 g/mol. The lowest BCUT2D eigenvalue weighted by Gasteiger charge is -2.16. The van der Waals surface area contributed by atoms with E-state index in [0.29, 0.717) is 12.1 Å². The second-order valence-electron chi connectivity index (χ2n) is 5.04. The number of amides is 1. The standard InChI is InChI=1S/C17H16BrN3O/c1-21(11-14-4-2-3-13(9-14)10-19)12-17(22)20-16-7-5-15(18)6-8-16/h2-9H,11-12H2,1H3,(H,20,22). The van der Waals surface area contributed by atoms with Gasteiger partial charge in [0.15, 0.2) is 0 Å². The van der Waals surface area contributed by atoms with E-state index in [-0.39, 0.29) is 12.5 Å². The van der Waals surface area contributed by atoms with Gasteiger partial charge in [-0.15, -0.1) is 0 Å². The summed E-state index contributed by atoms with van der Waals surface area (Å²) in [5.41, 5.74) is 2.41. The molecule has 0 fully saturated rings. The molecule has 5 heteroatoms. The van der Waals surface area contributed by atoms with Crippen molar-refractivity contribution >= 4 is 27.5 Å². The highest BCUT2D eigenvalue weighted by Gasteiger charge is 2.08. The molecule has 0 unspecified atom stereocenters. The normalized spacial score (nSPS) is 10.3. The second-order valence-corrected chi connectivity index (χ2v) is 5.96. The Bertz CT molecular complexity index is 692. The zero-order valence-electron chi connectivity index (χ0n) is 12.2.